The van der Waals surface area contributed by atoms with Gasteiger partial charge in [-0.2, -0.15) is 0 Å². The molecular formula is C23H29FN4O. The molecule has 154 valence electrons. The van der Waals surface area contributed by atoms with E-state index < -0.39 is 0 Å². The number of nitrogens with zero attached hydrogens (tertiary/aromatic N) is 3. The number of hydrogen-bond acceptors (Lipinski definition) is 3. The number of aromatic nitrogens is 2. The number of rotatable bonds is 6. The molecule has 0 radical (unpaired) electrons. The van der Waals surface area contributed by atoms with Crippen LogP contribution >= 0.6 is 0 Å². The molecule has 0 bridgehead atoms. The molecule has 1 atom stereocenters. The third-order valence-corrected chi connectivity index (χ3v) is 6.42. The van der Waals surface area contributed by atoms with Crippen LogP contribution in [0.3, 0.4) is 0 Å². The highest BCUT2D eigenvalue weighted by atomic mass is 19.1. The van der Waals surface area contributed by atoms with Crippen LogP contribution in [-0.2, 0) is 5.54 Å². The lowest BCUT2D eigenvalue weighted by Crippen LogP contribution is -2.48. The third-order valence-electron chi connectivity index (χ3n) is 6.42. The molecule has 5 nitrogen and oxygen atoms in total. The number of anilines is 1. The number of piperazine rings is 1. The fourth-order valence-corrected chi connectivity index (χ4v) is 4.32. The third kappa shape index (κ3) is 3.94. The number of hydrogen-bond donors (Lipinski definition) is 1. The van der Waals surface area contributed by atoms with Crippen molar-refractivity contribution in [1.82, 2.24) is 14.5 Å². The summed E-state index contributed by atoms with van der Waals surface area (Å²) in [6.07, 6.45) is 1.81. The lowest BCUT2D eigenvalue weighted by molar-refractivity contribution is 0.195. The average molecular weight is 397 g/mol. The fraction of sp³-hybridized carbons (Fsp3) is 0.435. The van der Waals surface area contributed by atoms with E-state index in [0.29, 0.717) is 0 Å². The summed E-state index contributed by atoms with van der Waals surface area (Å²) in [5, 5.41) is 0. The molecule has 6 heteroatoms. The van der Waals surface area contributed by atoms with Crippen molar-refractivity contribution in [3.63, 3.8) is 0 Å². The Bertz CT molecular complexity index is 1020. The van der Waals surface area contributed by atoms with E-state index in [1.807, 2.05) is 41.0 Å². The maximum Gasteiger partial charge on any atom is 0.326 e. The molecular weight excluding hydrogens is 367 g/mol. The van der Waals surface area contributed by atoms with E-state index >= 15 is 0 Å². The minimum atomic E-state index is -0.231. The Morgan fingerprint density at radius 3 is 2.41 bits per heavy atom. The second-order valence-electron chi connectivity index (χ2n) is 8.19. The van der Waals surface area contributed by atoms with Gasteiger partial charge in [0, 0.05) is 44.0 Å². The Labute approximate surface area is 170 Å². The Kier molecular flexibility index (Phi) is 5.46. The summed E-state index contributed by atoms with van der Waals surface area (Å²) in [5.41, 5.74) is 2.68. The SMILES string of the molecule is CCC(C)(CCN1CCN(c2ccc(F)cc2)CC1)n1c(=O)[nH]c2ccccc21. The van der Waals surface area contributed by atoms with Crippen molar-refractivity contribution >= 4 is 16.7 Å². The molecule has 0 saturated carbocycles. The molecule has 1 unspecified atom stereocenters. The first-order valence-corrected chi connectivity index (χ1v) is 10.4. The number of para-hydroxylation sites is 2. The molecule has 0 amide bonds. The lowest BCUT2D eigenvalue weighted by Gasteiger charge is -2.38. The van der Waals surface area contributed by atoms with Crippen LogP contribution in [0.1, 0.15) is 26.7 Å². The maximum absolute atomic E-state index is 13.2. The Balaban J connectivity index is 1.42. The van der Waals surface area contributed by atoms with Gasteiger partial charge in [-0.25, -0.2) is 9.18 Å². The molecule has 4 rings (SSSR count). The summed E-state index contributed by atoms with van der Waals surface area (Å²) in [6, 6.07) is 14.6. The second kappa shape index (κ2) is 8.03. The highest BCUT2D eigenvalue weighted by Crippen LogP contribution is 2.28. The zero-order valence-electron chi connectivity index (χ0n) is 17.2. The van der Waals surface area contributed by atoms with Crippen molar-refractivity contribution in [2.45, 2.75) is 32.2 Å². The Hall–Kier alpha value is -2.60. The molecule has 3 aromatic rings. The van der Waals surface area contributed by atoms with E-state index in [1.165, 1.54) is 12.1 Å². The highest BCUT2D eigenvalue weighted by Gasteiger charge is 2.29. The lowest BCUT2D eigenvalue weighted by atomic mass is 9.93. The summed E-state index contributed by atoms with van der Waals surface area (Å²) < 4.78 is 15.1. The van der Waals surface area contributed by atoms with Crippen molar-refractivity contribution in [1.29, 1.82) is 0 Å². The topological polar surface area (TPSA) is 44.3 Å². The summed E-state index contributed by atoms with van der Waals surface area (Å²) >= 11 is 0. The summed E-state index contributed by atoms with van der Waals surface area (Å²) in [4.78, 5) is 20.4. The van der Waals surface area contributed by atoms with Gasteiger partial charge < -0.3 is 9.88 Å². The monoisotopic (exact) mass is 396 g/mol. The van der Waals surface area contributed by atoms with Gasteiger partial charge in [-0.3, -0.25) is 9.47 Å². The van der Waals surface area contributed by atoms with E-state index in [4.69, 9.17) is 0 Å². The molecule has 0 aliphatic carbocycles. The average Bonchev–Trinajstić information content (AvgIpc) is 3.09. The van der Waals surface area contributed by atoms with Gasteiger partial charge in [0.1, 0.15) is 5.82 Å². The van der Waals surface area contributed by atoms with E-state index in [1.54, 1.807) is 0 Å². The number of fused-ring (bicyclic) bond motifs is 1. The first-order chi connectivity index (χ1) is 14.0. The summed E-state index contributed by atoms with van der Waals surface area (Å²) in [5.74, 6) is -0.196. The van der Waals surface area contributed by atoms with Crippen molar-refractivity contribution in [3.05, 3.63) is 64.8 Å². The summed E-state index contributed by atoms with van der Waals surface area (Å²) in [7, 11) is 0. The molecule has 29 heavy (non-hydrogen) atoms. The number of H-pyrrole nitrogens is 1. The van der Waals surface area contributed by atoms with E-state index in [9.17, 15) is 9.18 Å². The number of nitrogens with one attached hydrogen (secondary N) is 1. The van der Waals surface area contributed by atoms with E-state index in [-0.39, 0.29) is 17.0 Å². The predicted molar refractivity (Wildman–Crippen MR) is 116 cm³/mol. The number of halogens is 1. The largest absolute Gasteiger partial charge is 0.369 e. The van der Waals surface area contributed by atoms with Gasteiger partial charge in [-0.15, -0.1) is 0 Å². The zero-order valence-corrected chi connectivity index (χ0v) is 17.2. The van der Waals surface area contributed by atoms with Gasteiger partial charge in [-0.1, -0.05) is 19.1 Å². The van der Waals surface area contributed by atoms with Crippen LogP contribution < -0.4 is 10.6 Å². The molecule has 1 N–H and O–H groups in total. The number of aromatic amines is 1. The molecule has 2 aromatic carbocycles. The quantitative estimate of drug-likeness (QED) is 0.689. The van der Waals surface area contributed by atoms with Gasteiger partial charge in [-0.05, 0) is 56.2 Å². The van der Waals surface area contributed by atoms with Crippen LogP contribution in [0.15, 0.2) is 53.3 Å². The maximum atomic E-state index is 13.2. The number of imidazole rings is 1. The molecule has 1 fully saturated rings. The second-order valence-corrected chi connectivity index (χ2v) is 8.19. The van der Waals surface area contributed by atoms with Gasteiger partial charge in [0.05, 0.1) is 11.0 Å². The van der Waals surface area contributed by atoms with Crippen molar-refractivity contribution in [2.75, 3.05) is 37.6 Å². The molecule has 1 saturated heterocycles. The van der Waals surface area contributed by atoms with Gasteiger partial charge >= 0.3 is 5.69 Å². The van der Waals surface area contributed by atoms with Gasteiger partial charge in [0.25, 0.3) is 0 Å². The molecule has 0 spiro atoms. The van der Waals surface area contributed by atoms with Crippen LogP contribution in [0.2, 0.25) is 0 Å². The van der Waals surface area contributed by atoms with Gasteiger partial charge in [0.2, 0.25) is 0 Å². The van der Waals surface area contributed by atoms with Crippen LogP contribution in [0, 0.1) is 5.82 Å². The first-order valence-electron chi connectivity index (χ1n) is 10.4. The van der Waals surface area contributed by atoms with Crippen molar-refractivity contribution < 1.29 is 4.39 Å². The minimum Gasteiger partial charge on any atom is -0.369 e. The molecule has 2 heterocycles. The Morgan fingerprint density at radius 2 is 1.72 bits per heavy atom. The highest BCUT2D eigenvalue weighted by molar-refractivity contribution is 5.75. The smallest absolute Gasteiger partial charge is 0.326 e. The van der Waals surface area contributed by atoms with Crippen molar-refractivity contribution in [3.8, 4) is 0 Å². The minimum absolute atomic E-state index is 0.0309. The first kappa shape index (κ1) is 19.7. The number of benzene rings is 2. The standard InChI is InChI=1S/C23H29FN4O/c1-3-23(2,28-21-7-5-4-6-20(21)25-22(28)29)12-13-26-14-16-27(17-15-26)19-10-8-18(24)9-11-19/h4-11H,3,12-17H2,1-2H3,(H,25,29). The van der Waals surface area contributed by atoms with Crippen LogP contribution in [-0.4, -0.2) is 47.2 Å². The van der Waals surface area contributed by atoms with Gasteiger partial charge in [0.15, 0.2) is 0 Å². The van der Waals surface area contributed by atoms with Crippen LogP contribution in [0.25, 0.3) is 11.0 Å². The Morgan fingerprint density at radius 1 is 1.03 bits per heavy atom. The van der Waals surface area contributed by atoms with Crippen LogP contribution in [0.4, 0.5) is 10.1 Å². The van der Waals surface area contributed by atoms with Crippen LogP contribution in [0.5, 0.6) is 0 Å². The molecule has 1 aromatic heterocycles. The van der Waals surface area contributed by atoms with Crippen molar-refractivity contribution in [2.24, 2.45) is 0 Å². The molecule has 1 aliphatic rings. The fourth-order valence-electron chi connectivity index (χ4n) is 4.32. The predicted octanol–water partition coefficient (Wildman–Crippen LogP) is 3.81. The van der Waals surface area contributed by atoms with E-state index in [2.05, 4.69) is 28.6 Å². The molecule has 1 aliphatic heterocycles. The van der Waals surface area contributed by atoms with E-state index in [0.717, 1.165) is 62.3 Å². The normalized spacial score (nSPS) is 17.6. The summed E-state index contributed by atoms with van der Waals surface area (Å²) in [6.45, 7) is 9.10. The zero-order chi connectivity index (χ0) is 20.4.